The molecule has 0 unspecified atom stereocenters. The fraction of sp³-hybridized carbons (Fsp3) is 0.714. The summed E-state index contributed by atoms with van der Waals surface area (Å²) in [7, 11) is 0. The van der Waals surface area contributed by atoms with E-state index >= 15 is 0 Å². The normalized spacial score (nSPS) is 20.9. The molecular formula is C21H34N4S. The van der Waals surface area contributed by atoms with E-state index in [1.807, 2.05) is 0 Å². The summed E-state index contributed by atoms with van der Waals surface area (Å²) in [5, 5.41) is 4.66. The standard InChI is InChI=1S/C21H34N4S/c1-18-9-7-12-20(22-18)17-24-13-8-14-25(16-15-24)21(26)23-19-10-5-3-2-4-6-11-19/h7,9,12,19H,2-6,8,10-11,13-17H2,1H3,(H,23,26). The van der Waals surface area contributed by atoms with Gasteiger partial charge in [-0.3, -0.25) is 9.88 Å². The van der Waals surface area contributed by atoms with Gasteiger partial charge in [0, 0.05) is 44.5 Å². The minimum absolute atomic E-state index is 0.582. The molecule has 1 saturated heterocycles. The van der Waals surface area contributed by atoms with Gasteiger partial charge in [-0.2, -0.15) is 0 Å². The molecule has 2 aliphatic rings. The number of rotatable bonds is 3. The number of hydrogen-bond acceptors (Lipinski definition) is 3. The number of nitrogens with one attached hydrogen (secondary N) is 1. The number of pyridine rings is 1. The van der Waals surface area contributed by atoms with Crippen LogP contribution in [0, 0.1) is 6.92 Å². The minimum atomic E-state index is 0.582. The average molecular weight is 375 g/mol. The van der Waals surface area contributed by atoms with Crippen LogP contribution in [0.4, 0.5) is 0 Å². The topological polar surface area (TPSA) is 31.4 Å². The molecule has 1 saturated carbocycles. The van der Waals surface area contributed by atoms with Gasteiger partial charge >= 0.3 is 0 Å². The van der Waals surface area contributed by atoms with Gasteiger partial charge in [0.1, 0.15) is 0 Å². The largest absolute Gasteiger partial charge is 0.360 e. The van der Waals surface area contributed by atoms with Crippen LogP contribution in [-0.2, 0) is 6.54 Å². The molecule has 1 aliphatic heterocycles. The third-order valence-electron chi connectivity index (χ3n) is 5.64. The molecule has 1 aliphatic carbocycles. The first-order valence-corrected chi connectivity index (χ1v) is 10.8. The zero-order valence-electron chi connectivity index (χ0n) is 16.3. The first kappa shape index (κ1) is 19.6. The molecule has 0 atom stereocenters. The molecule has 0 amide bonds. The predicted molar refractivity (Wildman–Crippen MR) is 112 cm³/mol. The van der Waals surface area contributed by atoms with Crippen molar-refractivity contribution in [3.8, 4) is 0 Å². The molecule has 1 aromatic heterocycles. The van der Waals surface area contributed by atoms with Crippen molar-refractivity contribution in [3.63, 3.8) is 0 Å². The van der Waals surface area contributed by atoms with Crippen molar-refractivity contribution in [1.29, 1.82) is 0 Å². The molecule has 26 heavy (non-hydrogen) atoms. The second kappa shape index (κ2) is 10.2. The summed E-state index contributed by atoms with van der Waals surface area (Å²) in [5.41, 5.74) is 2.28. The summed E-state index contributed by atoms with van der Waals surface area (Å²) in [5.74, 6) is 0. The molecular weight excluding hydrogens is 340 g/mol. The zero-order chi connectivity index (χ0) is 18.2. The lowest BCUT2D eigenvalue weighted by atomic mass is 9.97. The van der Waals surface area contributed by atoms with Gasteiger partial charge in [0.15, 0.2) is 5.11 Å². The average Bonchev–Trinajstić information content (AvgIpc) is 2.83. The molecule has 5 heteroatoms. The maximum atomic E-state index is 5.76. The van der Waals surface area contributed by atoms with E-state index in [4.69, 9.17) is 12.2 Å². The summed E-state index contributed by atoms with van der Waals surface area (Å²) >= 11 is 5.76. The number of nitrogens with zero attached hydrogens (tertiary/aromatic N) is 3. The molecule has 0 aromatic carbocycles. The van der Waals surface area contributed by atoms with Crippen LogP contribution in [-0.4, -0.2) is 52.1 Å². The maximum Gasteiger partial charge on any atom is 0.169 e. The highest BCUT2D eigenvalue weighted by Crippen LogP contribution is 2.17. The van der Waals surface area contributed by atoms with Crippen molar-refractivity contribution >= 4 is 17.3 Å². The predicted octanol–water partition coefficient (Wildman–Crippen LogP) is 3.89. The van der Waals surface area contributed by atoms with Crippen LogP contribution < -0.4 is 5.32 Å². The van der Waals surface area contributed by atoms with Crippen LogP contribution >= 0.6 is 12.2 Å². The Labute approximate surface area is 164 Å². The summed E-state index contributed by atoms with van der Waals surface area (Å²) in [6, 6.07) is 6.89. The van der Waals surface area contributed by atoms with Gasteiger partial charge in [0.25, 0.3) is 0 Å². The van der Waals surface area contributed by atoms with E-state index in [-0.39, 0.29) is 0 Å². The fourth-order valence-electron chi connectivity index (χ4n) is 4.12. The van der Waals surface area contributed by atoms with E-state index < -0.39 is 0 Å². The van der Waals surface area contributed by atoms with E-state index in [9.17, 15) is 0 Å². The Morgan fingerprint density at radius 1 is 1.04 bits per heavy atom. The van der Waals surface area contributed by atoms with Gasteiger partial charge in [-0.05, 0) is 50.5 Å². The van der Waals surface area contributed by atoms with Gasteiger partial charge in [0.05, 0.1) is 5.69 Å². The Bertz CT molecular complexity index is 569. The van der Waals surface area contributed by atoms with Gasteiger partial charge in [-0.25, -0.2) is 0 Å². The Hall–Kier alpha value is -1.20. The Balaban J connectivity index is 1.47. The fourth-order valence-corrected chi connectivity index (χ4v) is 4.46. The number of aryl methyl sites for hydroxylation is 1. The van der Waals surface area contributed by atoms with Crippen LogP contribution in [0.1, 0.15) is 62.8 Å². The maximum absolute atomic E-state index is 5.76. The monoisotopic (exact) mass is 374 g/mol. The Morgan fingerprint density at radius 2 is 1.81 bits per heavy atom. The van der Waals surface area contributed by atoms with Crippen LogP contribution in [0.15, 0.2) is 18.2 Å². The molecule has 144 valence electrons. The van der Waals surface area contributed by atoms with Gasteiger partial charge in [-0.15, -0.1) is 0 Å². The quantitative estimate of drug-likeness (QED) is 0.812. The molecule has 0 bridgehead atoms. The SMILES string of the molecule is Cc1cccc(CN2CCCN(C(=S)NC3CCCCCCC3)CC2)n1. The molecule has 1 aromatic rings. The third-order valence-corrected chi connectivity index (χ3v) is 6.02. The van der Waals surface area contributed by atoms with E-state index in [1.165, 1.54) is 50.6 Å². The van der Waals surface area contributed by atoms with Gasteiger partial charge in [-0.1, -0.05) is 38.2 Å². The van der Waals surface area contributed by atoms with Gasteiger partial charge < -0.3 is 10.2 Å². The molecule has 3 rings (SSSR count). The van der Waals surface area contributed by atoms with Crippen LogP contribution in [0.2, 0.25) is 0 Å². The molecule has 2 heterocycles. The lowest BCUT2D eigenvalue weighted by Gasteiger charge is -2.29. The first-order valence-electron chi connectivity index (χ1n) is 10.4. The second-order valence-corrected chi connectivity index (χ2v) is 8.27. The molecule has 1 N–H and O–H groups in total. The van der Waals surface area contributed by atoms with Crippen molar-refractivity contribution in [3.05, 3.63) is 29.6 Å². The van der Waals surface area contributed by atoms with Crippen molar-refractivity contribution in [2.45, 2.75) is 70.9 Å². The van der Waals surface area contributed by atoms with E-state index in [0.717, 1.165) is 50.0 Å². The van der Waals surface area contributed by atoms with E-state index in [0.29, 0.717) is 6.04 Å². The lowest BCUT2D eigenvalue weighted by molar-refractivity contribution is 0.274. The summed E-state index contributed by atoms with van der Waals surface area (Å²) in [6.45, 7) is 7.27. The number of thiocarbonyl (C=S) groups is 1. The third kappa shape index (κ3) is 6.20. The molecule has 0 spiro atoms. The first-order chi connectivity index (χ1) is 12.7. The molecule has 0 radical (unpaired) electrons. The van der Waals surface area contributed by atoms with Gasteiger partial charge in [0.2, 0.25) is 0 Å². The van der Waals surface area contributed by atoms with Crippen molar-refractivity contribution < 1.29 is 0 Å². The van der Waals surface area contributed by atoms with Crippen molar-refractivity contribution in [2.75, 3.05) is 26.2 Å². The van der Waals surface area contributed by atoms with Crippen LogP contribution in [0.5, 0.6) is 0 Å². The lowest BCUT2D eigenvalue weighted by Crippen LogP contribution is -2.46. The summed E-state index contributed by atoms with van der Waals surface area (Å²) < 4.78 is 0. The minimum Gasteiger partial charge on any atom is -0.360 e. The molecule has 2 fully saturated rings. The van der Waals surface area contributed by atoms with Crippen LogP contribution in [0.3, 0.4) is 0 Å². The highest BCUT2D eigenvalue weighted by Gasteiger charge is 2.20. The van der Waals surface area contributed by atoms with E-state index in [2.05, 4.69) is 45.2 Å². The van der Waals surface area contributed by atoms with Crippen molar-refractivity contribution in [1.82, 2.24) is 20.1 Å². The zero-order valence-corrected chi connectivity index (χ0v) is 17.1. The highest BCUT2D eigenvalue weighted by molar-refractivity contribution is 7.80. The Kier molecular flexibility index (Phi) is 7.69. The number of hydrogen-bond donors (Lipinski definition) is 1. The molecule has 4 nitrogen and oxygen atoms in total. The smallest absolute Gasteiger partial charge is 0.169 e. The summed E-state index contributed by atoms with van der Waals surface area (Å²) in [4.78, 5) is 9.55. The number of aromatic nitrogens is 1. The van der Waals surface area contributed by atoms with E-state index in [1.54, 1.807) is 0 Å². The summed E-state index contributed by atoms with van der Waals surface area (Å²) in [6.07, 6.45) is 10.6. The highest BCUT2D eigenvalue weighted by atomic mass is 32.1. The van der Waals surface area contributed by atoms with Crippen molar-refractivity contribution in [2.24, 2.45) is 0 Å². The van der Waals surface area contributed by atoms with Crippen LogP contribution in [0.25, 0.3) is 0 Å². The second-order valence-electron chi connectivity index (χ2n) is 7.88. The Morgan fingerprint density at radius 3 is 2.58 bits per heavy atom.